The largest absolute Gasteiger partial charge is 0.493 e. The summed E-state index contributed by atoms with van der Waals surface area (Å²) >= 11 is 0. The molecule has 0 amide bonds. The van der Waals surface area contributed by atoms with Crippen molar-refractivity contribution in [2.24, 2.45) is 0 Å². The van der Waals surface area contributed by atoms with Crippen LogP contribution in [0.4, 0.5) is 5.95 Å². The maximum atomic E-state index is 10.5. The van der Waals surface area contributed by atoms with E-state index in [4.69, 9.17) is 14.6 Å². The summed E-state index contributed by atoms with van der Waals surface area (Å²) in [6.07, 6.45) is 0.00872. The maximum absolute atomic E-state index is 10.5. The highest BCUT2D eigenvalue weighted by Gasteiger charge is 2.14. The molecule has 2 heterocycles. The average Bonchev–Trinajstić information content (AvgIpc) is 3.02. The molecule has 0 radical (unpaired) electrons. The molecule has 0 bridgehead atoms. The standard InChI is InChI=1S/C13H15N5O4/c1-21-9-5-7-8(6-10(9)22-2)18-13(15-7)16-12(17-18)14-4-3-11(19)20/h5-6H,3-4H2,1-2H3,(H,19,20)(H2,14,15,16,17). The Bertz CT molecular complexity index is 838. The monoisotopic (exact) mass is 305 g/mol. The third-order valence-corrected chi connectivity index (χ3v) is 3.20. The van der Waals surface area contributed by atoms with Gasteiger partial charge in [-0.2, -0.15) is 4.98 Å². The van der Waals surface area contributed by atoms with Crippen LogP contribution < -0.4 is 14.8 Å². The fraction of sp³-hybridized carbons (Fsp3) is 0.308. The van der Waals surface area contributed by atoms with E-state index in [9.17, 15) is 4.79 Å². The highest BCUT2D eigenvalue weighted by atomic mass is 16.5. The number of aromatic amines is 1. The van der Waals surface area contributed by atoms with E-state index in [1.807, 2.05) is 0 Å². The number of carboxylic acid groups (broad SMARTS) is 1. The van der Waals surface area contributed by atoms with Gasteiger partial charge in [0.1, 0.15) is 0 Å². The van der Waals surface area contributed by atoms with E-state index in [0.29, 0.717) is 28.7 Å². The molecular formula is C13H15N5O4. The zero-order valence-corrected chi connectivity index (χ0v) is 12.1. The topological polar surface area (TPSA) is 114 Å². The average molecular weight is 305 g/mol. The lowest BCUT2D eigenvalue weighted by Gasteiger charge is -2.06. The molecule has 3 aromatic rings. The zero-order chi connectivity index (χ0) is 15.7. The van der Waals surface area contributed by atoms with Crippen molar-refractivity contribution in [2.75, 3.05) is 26.1 Å². The summed E-state index contributed by atoms with van der Waals surface area (Å²) in [7, 11) is 3.13. The summed E-state index contributed by atoms with van der Waals surface area (Å²) in [5.41, 5.74) is 1.50. The van der Waals surface area contributed by atoms with Crippen LogP contribution in [0.5, 0.6) is 11.5 Å². The number of methoxy groups -OCH3 is 2. The minimum atomic E-state index is -0.869. The Morgan fingerprint density at radius 3 is 2.73 bits per heavy atom. The number of H-pyrrole nitrogens is 1. The van der Waals surface area contributed by atoms with Crippen LogP contribution in [0.15, 0.2) is 12.1 Å². The van der Waals surface area contributed by atoms with Crippen LogP contribution in [0, 0.1) is 0 Å². The summed E-state index contributed by atoms with van der Waals surface area (Å²) < 4.78 is 12.2. The first-order chi connectivity index (χ1) is 10.6. The normalized spacial score (nSPS) is 11.0. The van der Waals surface area contributed by atoms with Gasteiger partial charge in [0.2, 0.25) is 5.95 Å². The van der Waals surface area contributed by atoms with Crippen LogP contribution >= 0.6 is 0 Å². The summed E-state index contributed by atoms with van der Waals surface area (Å²) in [6.45, 7) is 0.279. The van der Waals surface area contributed by atoms with Gasteiger partial charge in [-0.1, -0.05) is 0 Å². The van der Waals surface area contributed by atoms with Crippen molar-refractivity contribution < 1.29 is 19.4 Å². The van der Waals surface area contributed by atoms with E-state index in [0.717, 1.165) is 5.52 Å². The third-order valence-electron chi connectivity index (χ3n) is 3.20. The van der Waals surface area contributed by atoms with E-state index in [1.165, 1.54) is 0 Å². The lowest BCUT2D eigenvalue weighted by Crippen LogP contribution is -2.08. The second-order valence-electron chi connectivity index (χ2n) is 4.59. The number of imidazole rings is 1. The van der Waals surface area contributed by atoms with E-state index in [2.05, 4.69) is 20.4 Å². The van der Waals surface area contributed by atoms with Crippen molar-refractivity contribution in [3.8, 4) is 11.5 Å². The van der Waals surface area contributed by atoms with Crippen LogP contribution in [-0.2, 0) is 4.79 Å². The zero-order valence-electron chi connectivity index (χ0n) is 12.1. The second kappa shape index (κ2) is 5.43. The van der Waals surface area contributed by atoms with E-state index >= 15 is 0 Å². The number of nitrogens with zero attached hydrogens (tertiary/aromatic N) is 3. The van der Waals surface area contributed by atoms with Gasteiger partial charge in [0.05, 0.1) is 31.7 Å². The Kier molecular flexibility index (Phi) is 3.45. The first-order valence-electron chi connectivity index (χ1n) is 6.58. The summed E-state index contributed by atoms with van der Waals surface area (Å²) in [4.78, 5) is 19.2. The molecule has 0 fully saturated rings. The summed E-state index contributed by atoms with van der Waals surface area (Å²) in [5.74, 6) is 1.25. The molecule has 1 aromatic carbocycles. The molecule has 22 heavy (non-hydrogen) atoms. The number of carboxylic acids is 1. The van der Waals surface area contributed by atoms with Crippen molar-refractivity contribution in [1.29, 1.82) is 0 Å². The van der Waals surface area contributed by atoms with Gasteiger partial charge in [-0.15, -0.1) is 0 Å². The number of anilines is 1. The number of fused-ring (bicyclic) bond motifs is 3. The molecule has 9 nitrogen and oxygen atoms in total. The number of hydrogen-bond donors (Lipinski definition) is 3. The van der Waals surface area contributed by atoms with Gasteiger partial charge in [0.15, 0.2) is 11.5 Å². The van der Waals surface area contributed by atoms with Crippen molar-refractivity contribution >= 4 is 28.7 Å². The molecule has 0 atom stereocenters. The van der Waals surface area contributed by atoms with Gasteiger partial charge >= 0.3 is 5.97 Å². The SMILES string of the molecule is COc1cc2nc3nc(NCCC(=O)O)[nH]n3c2cc1OC. The number of aliphatic carboxylic acids is 1. The van der Waals surface area contributed by atoms with Crippen LogP contribution in [0.3, 0.4) is 0 Å². The molecule has 0 aliphatic carbocycles. The first kappa shape index (κ1) is 14.0. The summed E-state index contributed by atoms with van der Waals surface area (Å²) in [6, 6.07) is 3.57. The van der Waals surface area contributed by atoms with Crippen LogP contribution in [0.2, 0.25) is 0 Å². The van der Waals surface area contributed by atoms with Crippen LogP contribution in [0.1, 0.15) is 6.42 Å². The predicted molar refractivity (Wildman–Crippen MR) is 78.7 cm³/mol. The number of aromatic nitrogens is 4. The minimum absolute atomic E-state index is 0.00872. The van der Waals surface area contributed by atoms with Crippen molar-refractivity contribution in [2.45, 2.75) is 6.42 Å². The highest BCUT2D eigenvalue weighted by Crippen LogP contribution is 2.32. The highest BCUT2D eigenvalue weighted by molar-refractivity contribution is 5.83. The Hall–Kier alpha value is -2.97. The number of ether oxygens (including phenoxy) is 2. The quantitative estimate of drug-likeness (QED) is 0.625. The molecule has 2 aromatic heterocycles. The smallest absolute Gasteiger partial charge is 0.305 e. The molecule has 3 rings (SSSR count). The van der Waals surface area contributed by atoms with E-state index in [-0.39, 0.29) is 13.0 Å². The molecule has 3 N–H and O–H groups in total. The Morgan fingerprint density at radius 2 is 2.05 bits per heavy atom. The molecule has 0 saturated carbocycles. The Balaban J connectivity index is 1.97. The van der Waals surface area contributed by atoms with Gasteiger partial charge in [-0.25, -0.2) is 9.50 Å². The number of rotatable bonds is 6. The number of carbonyl (C=O) groups is 1. The summed E-state index contributed by atoms with van der Waals surface area (Å²) in [5, 5.41) is 14.6. The van der Waals surface area contributed by atoms with Crippen LogP contribution in [0.25, 0.3) is 16.8 Å². The van der Waals surface area contributed by atoms with Gasteiger partial charge in [0, 0.05) is 18.7 Å². The minimum Gasteiger partial charge on any atom is -0.493 e. The predicted octanol–water partition coefficient (Wildman–Crippen LogP) is 1.11. The molecule has 0 unspecified atom stereocenters. The van der Waals surface area contributed by atoms with E-state index < -0.39 is 5.97 Å². The molecule has 116 valence electrons. The van der Waals surface area contributed by atoms with Crippen LogP contribution in [-0.4, -0.2) is 51.4 Å². The first-order valence-corrected chi connectivity index (χ1v) is 6.58. The molecule has 0 spiro atoms. The molecular weight excluding hydrogens is 290 g/mol. The number of hydrogen-bond acceptors (Lipinski definition) is 6. The van der Waals surface area contributed by atoms with E-state index in [1.54, 1.807) is 30.9 Å². The van der Waals surface area contributed by atoms with Gasteiger partial charge < -0.3 is 19.9 Å². The Morgan fingerprint density at radius 1 is 1.32 bits per heavy atom. The fourth-order valence-corrected chi connectivity index (χ4v) is 2.17. The van der Waals surface area contributed by atoms with Crippen molar-refractivity contribution in [1.82, 2.24) is 19.6 Å². The van der Waals surface area contributed by atoms with Crippen molar-refractivity contribution in [3.63, 3.8) is 0 Å². The van der Waals surface area contributed by atoms with Gasteiger partial charge in [-0.05, 0) is 0 Å². The maximum Gasteiger partial charge on any atom is 0.305 e. The van der Waals surface area contributed by atoms with Gasteiger partial charge in [0.25, 0.3) is 5.78 Å². The Labute approximate surface area is 124 Å². The van der Waals surface area contributed by atoms with Crippen molar-refractivity contribution in [3.05, 3.63) is 12.1 Å². The van der Waals surface area contributed by atoms with Gasteiger partial charge in [-0.3, -0.25) is 9.89 Å². The molecule has 0 aliphatic heterocycles. The number of benzene rings is 1. The molecule has 9 heteroatoms. The third kappa shape index (κ3) is 2.36. The molecule has 0 saturated heterocycles. The fourth-order valence-electron chi connectivity index (χ4n) is 2.17. The second-order valence-corrected chi connectivity index (χ2v) is 4.59. The number of nitrogens with one attached hydrogen (secondary N) is 2. The molecule has 0 aliphatic rings. The lowest BCUT2D eigenvalue weighted by molar-refractivity contribution is -0.136. The lowest BCUT2D eigenvalue weighted by atomic mass is 10.3.